The number of benzene rings is 2. The van der Waals surface area contributed by atoms with E-state index in [4.69, 9.17) is 9.47 Å². The largest absolute Gasteiger partial charge is 0.497 e. The molecule has 0 bridgehead atoms. The lowest BCUT2D eigenvalue weighted by atomic mass is 10.1. The zero-order chi connectivity index (χ0) is 14.5. The van der Waals surface area contributed by atoms with E-state index in [2.05, 4.69) is 16.0 Å². The zero-order valence-corrected chi connectivity index (χ0v) is 11.8. The maximum Gasteiger partial charge on any atom is 0.224 e. The van der Waals surface area contributed by atoms with Crippen molar-refractivity contribution in [1.82, 2.24) is 9.97 Å². The molecule has 0 saturated heterocycles. The van der Waals surface area contributed by atoms with Crippen molar-refractivity contribution in [2.75, 3.05) is 13.7 Å². The van der Waals surface area contributed by atoms with E-state index >= 15 is 0 Å². The summed E-state index contributed by atoms with van der Waals surface area (Å²) < 4.78 is 11.0. The molecule has 0 radical (unpaired) electrons. The average molecular weight is 280 g/mol. The van der Waals surface area contributed by atoms with Gasteiger partial charge in [-0.1, -0.05) is 24.3 Å². The summed E-state index contributed by atoms with van der Waals surface area (Å²) in [6.07, 6.45) is 2.33. The molecule has 21 heavy (non-hydrogen) atoms. The van der Waals surface area contributed by atoms with Crippen molar-refractivity contribution in [3.05, 3.63) is 60.4 Å². The van der Waals surface area contributed by atoms with Crippen molar-refractivity contribution >= 4 is 10.9 Å². The van der Waals surface area contributed by atoms with E-state index in [9.17, 15) is 0 Å². The summed E-state index contributed by atoms with van der Waals surface area (Å²) in [4.78, 5) is 8.44. The maximum absolute atomic E-state index is 5.80. The Morgan fingerprint density at radius 2 is 1.90 bits per heavy atom. The lowest BCUT2D eigenvalue weighted by Crippen LogP contribution is -2.03. The molecule has 4 heteroatoms. The molecule has 4 nitrogen and oxygen atoms in total. The van der Waals surface area contributed by atoms with Crippen molar-refractivity contribution in [1.29, 1.82) is 0 Å². The van der Waals surface area contributed by atoms with Crippen LogP contribution in [0.4, 0.5) is 0 Å². The first-order valence-electron chi connectivity index (χ1n) is 6.82. The fourth-order valence-corrected chi connectivity index (χ4v) is 2.19. The molecule has 1 heterocycles. The lowest BCUT2D eigenvalue weighted by Gasteiger charge is -2.08. The fraction of sp³-hybridized carbons (Fsp3) is 0.176. The average Bonchev–Trinajstić information content (AvgIpc) is 2.55. The van der Waals surface area contributed by atoms with Gasteiger partial charge in [-0.2, -0.15) is 0 Å². The molecule has 0 saturated carbocycles. The smallest absolute Gasteiger partial charge is 0.224 e. The van der Waals surface area contributed by atoms with Crippen LogP contribution in [0.2, 0.25) is 0 Å². The Bertz CT molecular complexity index is 738. The summed E-state index contributed by atoms with van der Waals surface area (Å²) in [5.41, 5.74) is 2.07. The number of aromatic nitrogens is 2. The molecular formula is C17H16N2O2. The molecule has 1 aromatic heterocycles. The second-order valence-electron chi connectivity index (χ2n) is 4.65. The van der Waals surface area contributed by atoms with Crippen LogP contribution < -0.4 is 9.47 Å². The Hall–Kier alpha value is -2.62. The van der Waals surface area contributed by atoms with Crippen molar-refractivity contribution in [2.45, 2.75) is 6.42 Å². The van der Waals surface area contributed by atoms with E-state index in [1.165, 1.54) is 11.9 Å². The van der Waals surface area contributed by atoms with Gasteiger partial charge in [-0.05, 0) is 29.8 Å². The van der Waals surface area contributed by atoms with Gasteiger partial charge in [0.05, 0.1) is 24.6 Å². The van der Waals surface area contributed by atoms with Gasteiger partial charge in [0.1, 0.15) is 12.1 Å². The third kappa shape index (κ3) is 3.11. The van der Waals surface area contributed by atoms with Crippen molar-refractivity contribution < 1.29 is 9.47 Å². The lowest BCUT2D eigenvalue weighted by molar-refractivity contribution is 0.313. The number of fused-ring (bicyclic) bond motifs is 1. The number of methoxy groups -OCH3 is 1. The number of ether oxygens (including phenoxy) is 2. The van der Waals surface area contributed by atoms with Crippen molar-refractivity contribution in [3.8, 4) is 11.6 Å². The van der Waals surface area contributed by atoms with Gasteiger partial charge in [0.25, 0.3) is 0 Å². The van der Waals surface area contributed by atoms with Gasteiger partial charge in [0.2, 0.25) is 5.88 Å². The quantitative estimate of drug-likeness (QED) is 0.719. The Morgan fingerprint density at radius 3 is 2.81 bits per heavy atom. The summed E-state index contributed by atoms with van der Waals surface area (Å²) in [5, 5.41) is 0.936. The topological polar surface area (TPSA) is 44.2 Å². The minimum Gasteiger partial charge on any atom is -0.497 e. The molecule has 3 rings (SSSR count). The molecule has 0 fully saturated rings. The summed E-state index contributed by atoms with van der Waals surface area (Å²) in [6.45, 7) is 0.564. The van der Waals surface area contributed by atoms with Gasteiger partial charge < -0.3 is 9.47 Å². The number of hydrogen-bond donors (Lipinski definition) is 0. The van der Waals surface area contributed by atoms with Crippen LogP contribution in [0.1, 0.15) is 5.56 Å². The van der Waals surface area contributed by atoms with Crippen LogP contribution in [0.3, 0.4) is 0 Å². The van der Waals surface area contributed by atoms with E-state index in [-0.39, 0.29) is 0 Å². The van der Waals surface area contributed by atoms with E-state index in [1.807, 2.05) is 42.5 Å². The molecular weight excluding hydrogens is 264 g/mol. The first-order chi connectivity index (χ1) is 10.4. The Morgan fingerprint density at radius 1 is 1.00 bits per heavy atom. The molecule has 0 aliphatic carbocycles. The van der Waals surface area contributed by atoms with Crippen LogP contribution >= 0.6 is 0 Å². The van der Waals surface area contributed by atoms with E-state index < -0.39 is 0 Å². The van der Waals surface area contributed by atoms with Gasteiger partial charge in [-0.25, -0.2) is 9.97 Å². The number of rotatable bonds is 5. The predicted molar refractivity (Wildman–Crippen MR) is 81.7 cm³/mol. The van der Waals surface area contributed by atoms with Crippen molar-refractivity contribution in [2.24, 2.45) is 0 Å². The van der Waals surface area contributed by atoms with Gasteiger partial charge in [-0.3, -0.25) is 0 Å². The Kier molecular flexibility index (Phi) is 3.96. The molecule has 0 amide bonds. The summed E-state index contributed by atoms with van der Waals surface area (Å²) in [7, 11) is 1.67. The fourth-order valence-electron chi connectivity index (χ4n) is 2.19. The highest BCUT2D eigenvalue weighted by Gasteiger charge is 2.04. The molecule has 2 aromatic carbocycles. The first-order valence-corrected chi connectivity index (χ1v) is 6.82. The summed E-state index contributed by atoms with van der Waals surface area (Å²) in [6, 6.07) is 15.8. The standard InChI is InChI=1S/C17H16N2O2/c1-20-14-6-4-5-13(11-14)9-10-21-17-15-7-2-3-8-16(15)18-12-19-17/h2-8,11-12H,9-10H2,1H3. The highest BCUT2D eigenvalue weighted by molar-refractivity contribution is 5.82. The molecule has 0 atom stereocenters. The van der Waals surface area contributed by atoms with Crippen LogP contribution in [-0.2, 0) is 6.42 Å². The second-order valence-corrected chi connectivity index (χ2v) is 4.65. The van der Waals surface area contributed by atoms with Crippen LogP contribution in [0, 0.1) is 0 Å². The Balaban J connectivity index is 1.69. The summed E-state index contributed by atoms with van der Waals surface area (Å²) >= 11 is 0. The van der Waals surface area contributed by atoms with Crippen LogP contribution in [-0.4, -0.2) is 23.7 Å². The molecule has 0 aliphatic heterocycles. The monoisotopic (exact) mass is 280 g/mol. The molecule has 0 N–H and O–H groups in total. The highest BCUT2D eigenvalue weighted by atomic mass is 16.5. The molecule has 3 aromatic rings. The maximum atomic E-state index is 5.80. The first kappa shape index (κ1) is 13.4. The van der Waals surface area contributed by atoms with Gasteiger partial charge in [-0.15, -0.1) is 0 Å². The van der Waals surface area contributed by atoms with Crippen LogP contribution in [0.5, 0.6) is 11.6 Å². The number of nitrogens with zero attached hydrogens (tertiary/aromatic N) is 2. The zero-order valence-electron chi connectivity index (χ0n) is 11.8. The van der Waals surface area contributed by atoms with Gasteiger partial charge in [0.15, 0.2) is 0 Å². The minimum absolute atomic E-state index is 0.564. The molecule has 106 valence electrons. The molecule has 0 aliphatic rings. The van der Waals surface area contributed by atoms with E-state index in [1.54, 1.807) is 7.11 Å². The van der Waals surface area contributed by atoms with E-state index in [0.29, 0.717) is 12.5 Å². The molecule has 0 unspecified atom stereocenters. The summed E-state index contributed by atoms with van der Waals surface area (Å²) in [5.74, 6) is 1.49. The third-order valence-electron chi connectivity index (χ3n) is 3.27. The SMILES string of the molecule is COc1cccc(CCOc2ncnc3ccccc23)c1. The minimum atomic E-state index is 0.564. The van der Waals surface area contributed by atoms with Gasteiger partial charge in [0, 0.05) is 6.42 Å². The molecule has 0 spiro atoms. The predicted octanol–water partition coefficient (Wildman–Crippen LogP) is 3.26. The number of para-hydroxylation sites is 1. The van der Waals surface area contributed by atoms with Crippen LogP contribution in [0.15, 0.2) is 54.9 Å². The van der Waals surface area contributed by atoms with Crippen molar-refractivity contribution in [3.63, 3.8) is 0 Å². The second kappa shape index (κ2) is 6.22. The van der Waals surface area contributed by atoms with Crippen LogP contribution in [0.25, 0.3) is 10.9 Å². The van der Waals surface area contributed by atoms with E-state index in [0.717, 1.165) is 23.1 Å². The van der Waals surface area contributed by atoms with Gasteiger partial charge >= 0.3 is 0 Å². The number of hydrogen-bond acceptors (Lipinski definition) is 4. The third-order valence-corrected chi connectivity index (χ3v) is 3.27. The normalized spacial score (nSPS) is 10.5. The highest BCUT2D eigenvalue weighted by Crippen LogP contribution is 2.21. The Labute approximate surface area is 123 Å².